The molecule has 0 spiro atoms. The van der Waals surface area contributed by atoms with Gasteiger partial charge in [-0.2, -0.15) is 0 Å². The highest BCUT2D eigenvalue weighted by Gasteiger charge is 2.13. The molecule has 66 valence electrons. The predicted octanol–water partition coefficient (Wildman–Crippen LogP) is 1.54. The van der Waals surface area contributed by atoms with E-state index < -0.39 is 15.7 Å². The molecule has 1 rings (SSSR count). The van der Waals surface area contributed by atoms with Crippen molar-refractivity contribution in [3.05, 3.63) is 29.6 Å². The molecule has 0 amide bonds. The molecule has 12 heavy (non-hydrogen) atoms. The van der Waals surface area contributed by atoms with Gasteiger partial charge in [-0.1, -0.05) is 12.1 Å². The van der Waals surface area contributed by atoms with Crippen molar-refractivity contribution in [3.8, 4) is 0 Å². The summed E-state index contributed by atoms with van der Waals surface area (Å²) in [5, 5.41) is 0. The second kappa shape index (κ2) is 2.86. The summed E-state index contributed by atoms with van der Waals surface area (Å²) in [6.45, 7) is 1.53. The van der Waals surface area contributed by atoms with Crippen LogP contribution in [0.4, 0.5) is 4.39 Å². The topological polar surface area (TPSA) is 34.1 Å². The maximum absolute atomic E-state index is 13.1. The molecular weight excluding hydrogens is 179 g/mol. The standard InChI is InChI=1S/C8H9FO2S/c1-6-4-3-5-7(8(6)9)12(2,10)11/h3-5H,1-2H3. The summed E-state index contributed by atoms with van der Waals surface area (Å²) in [6.07, 6.45) is 0.991. The van der Waals surface area contributed by atoms with Gasteiger partial charge in [0, 0.05) is 6.26 Å². The summed E-state index contributed by atoms with van der Waals surface area (Å²) >= 11 is 0. The van der Waals surface area contributed by atoms with Crippen LogP contribution in [0.15, 0.2) is 23.1 Å². The number of rotatable bonds is 1. The first kappa shape index (κ1) is 9.19. The Kier molecular flexibility index (Phi) is 2.19. The second-order valence-corrected chi connectivity index (χ2v) is 4.64. The molecule has 0 aliphatic carbocycles. The molecule has 0 radical (unpaired) electrons. The van der Waals surface area contributed by atoms with Crippen molar-refractivity contribution < 1.29 is 12.8 Å². The lowest BCUT2D eigenvalue weighted by Gasteiger charge is -2.01. The van der Waals surface area contributed by atoms with Crippen LogP contribution in [0.25, 0.3) is 0 Å². The van der Waals surface area contributed by atoms with Crippen molar-refractivity contribution in [2.24, 2.45) is 0 Å². The van der Waals surface area contributed by atoms with Crippen molar-refractivity contribution in [1.82, 2.24) is 0 Å². The average molecular weight is 188 g/mol. The lowest BCUT2D eigenvalue weighted by molar-refractivity contribution is 0.565. The highest BCUT2D eigenvalue weighted by atomic mass is 32.2. The van der Waals surface area contributed by atoms with Gasteiger partial charge in [-0.05, 0) is 18.6 Å². The first-order chi connectivity index (χ1) is 5.43. The molecule has 0 saturated carbocycles. The van der Waals surface area contributed by atoms with Gasteiger partial charge >= 0.3 is 0 Å². The summed E-state index contributed by atoms with van der Waals surface area (Å²) in [6, 6.07) is 4.32. The van der Waals surface area contributed by atoms with E-state index in [1.165, 1.54) is 25.1 Å². The molecule has 0 heterocycles. The first-order valence-electron chi connectivity index (χ1n) is 3.38. The van der Waals surface area contributed by atoms with Crippen LogP contribution in [0, 0.1) is 12.7 Å². The minimum atomic E-state index is -3.43. The van der Waals surface area contributed by atoms with E-state index in [-0.39, 0.29) is 4.90 Å². The third-order valence-corrected chi connectivity index (χ3v) is 2.67. The van der Waals surface area contributed by atoms with E-state index in [1.807, 2.05) is 0 Å². The van der Waals surface area contributed by atoms with E-state index in [0.717, 1.165) is 6.26 Å². The largest absolute Gasteiger partial charge is 0.224 e. The van der Waals surface area contributed by atoms with Gasteiger partial charge in [0.1, 0.15) is 10.7 Å². The van der Waals surface area contributed by atoms with E-state index in [4.69, 9.17) is 0 Å². The van der Waals surface area contributed by atoms with Gasteiger partial charge in [-0.25, -0.2) is 12.8 Å². The zero-order chi connectivity index (χ0) is 9.35. The maximum Gasteiger partial charge on any atom is 0.178 e. The molecule has 1 aromatic carbocycles. The number of halogens is 1. The predicted molar refractivity (Wildman–Crippen MR) is 44.2 cm³/mol. The zero-order valence-corrected chi connectivity index (χ0v) is 7.65. The Bertz CT molecular complexity index is 396. The Morgan fingerprint density at radius 3 is 2.33 bits per heavy atom. The molecule has 0 bridgehead atoms. The van der Waals surface area contributed by atoms with E-state index in [9.17, 15) is 12.8 Å². The Hall–Kier alpha value is -0.900. The Labute approximate surface area is 71.0 Å². The number of sulfone groups is 1. The molecule has 0 fully saturated rings. The lowest BCUT2D eigenvalue weighted by atomic mass is 10.2. The summed E-state index contributed by atoms with van der Waals surface area (Å²) < 4.78 is 35.1. The van der Waals surface area contributed by atoms with Gasteiger partial charge in [0.25, 0.3) is 0 Å². The van der Waals surface area contributed by atoms with Crippen LogP contribution in [0.5, 0.6) is 0 Å². The molecule has 1 aromatic rings. The highest BCUT2D eigenvalue weighted by molar-refractivity contribution is 7.90. The van der Waals surface area contributed by atoms with E-state index in [2.05, 4.69) is 0 Å². The first-order valence-corrected chi connectivity index (χ1v) is 5.27. The smallest absolute Gasteiger partial charge is 0.178 e. The van der Waals surface area contributed by atoms with Gasteiger partial charge < -0.3 is 0 Å². The molecule has 0 N–H and O–H groups in total. The molecule has 0 unspecified atom stereocenters. The van der Waals surface area contributed by atoms with Gasteiger partial charge in [0.05, 0.1) is 0 Å². The molecule has 2 nitrogen and oxygen atoms in total. The number of hydrogen-bond acceptors (Lipinski definition) is 2. The van der Waals surface area contributed by atoms with Crippen LogP contribution in [-0.4, -0.2) is 14.7 Å². The van der Waals surface area contributed by atoms with Gasteiger partial charge in [0.15, 0.2) is 9.84 Å². The van der Waals surface area contributed by atoms with Crippen LogP contribution in [0.2, 0.25) is 0 Å². The van der Waals surface area contributed by atoms with E-state index in [1.54, 1.807) is 0 Å². The quantitative estimate of drug-likeness (QED) is 0.670. The third-order valence-electron chi connectivity index (χ3n) is 1.56. The van der Waals surface area contributed by atoms with Gasteiger partial charge in [-0.15, -0.1) is 0 Å². The zero-order valence-electron chi connectivity index (χ0n) is 6.83. The molecule has 0 aliphatic rings. The minimum absolute atomic E-state index is 0.234. The van der Waals surface area contributed by atoms with E-state index >= 15 is 0 Å². The molecular formula is C8H9FO2S. The average Bonchev–Trinajstić information content (AvgIpc) is 1.92. The fraction of sp³-hybridized carbons (Fsp3) is 0.250. The highest BCUT2D eigenvalue weighted by Crippen LogP contribution is 2.16. The summed E-state index contributed by atoms with van der Waals surface area (Å²) in [7, 11) is -3.43. The molecule has 0 atom stereocenters. The third kappa shape index (κ3) is 1.64. The number of aryl methyl sites for hydroxylation is 1. The lowest BCUT2D eigenvalue weighted by Crippen LogP contribution is -2.01. The SMILES string of the molecule is Cc1cccc(S(C)(=O)=O)c1F. The van der Waals surface area contributed by atoms with Gasteiger partial charge in [-0.3, -0.25) is 0 Å². The molecule has 4 heteroatoms. The molecule has 0 aliphatic heterocycles. The number of benzene rings is 1. The minimum Gasteiger partial charge on any atom is -0.224 e. The summed E-state index contributed by atoms with van der Waals surface area (Å²) in [5.74, 6) is -0.653. The Morgan fingerprint density at radius 1 is 1.33 bits per heavy atom. The van der Waals surface area contributed by atoms with Crippen molar-refractivity contribution in [2.75, 3.05) is 6.26 Å². The Morgan fingerprint density at radius 2 is 1.92 bits per heavy atom. The fourth-order valence-corrected chi connectivity index (χ4v) is 1.72. The van der Waals surface area contributed by atoms with E-state index in [0.29, 0.717) is 5.56 Å². The summed E-state index contributed by atoms with van der Waals surface area (Å²) in [4.78, 5) is -0.234. The van der Waals surface area contributed by atoms with Gasteiger partial charge in [0.2, 0.25) is 0 Å². The maximum atomic E-state index is 13.1. The summed E-state index contributed by atoms with van der Waals surface area (Å²) in [5.41, 5.74) is 0.345. The van der Waals surface area contributed by atoms with Crippen LogP contribution in [0.3, 0.4) is 0 Å². The van der Waals surface area contributed by atoms with Crippen molar-refractivity contribution in [3.63, 3.8) is 0 Å². The molecule has 0 aromatic heterocycles. The normalized spacial score (nSPS) is 11.6. The van der Waals surface area contributed by atoms with Crippen LogP contribution in [0.1, 0.15) is 5.56 Å². The van der Waals surface area contributed by atoms with Crippen molar-refractivity contribution in [1.29, 1.82) is 0 Å². The monoisotopic (exact) mass is 188 g/mol. The second-order valence-electron chi connectivity index (χ2n) is 2.66. The van der Waals surface area contributed by atoms with Crippen molar-refractivity contribution in [2.45, 2.75) is 11.8 Å². The van der Waals surface area contributed by atoms with Crippen LogP contribution >= 0.6 is 0 Å². The van der Waals surface area contributed by atoms with Crippen LogP contribution < -0.4 is 0 Å². The fourth-order valence-electron chi connectivity index (χ4n) is 0.907. The Balaban J connectivity index is 3.47. The molecule has 0 saturated heterocycles. The van der Waals surface area contributed by atoms with Crippen molar-refractivity contribution >= 4 is 9.84 Å². The van der Waals surface area contributed by atoms with Crippen LogP contribution in [-0.2, 0) is 9.84 Å². The number of hydrogen-bond donors (Lipinski definition) is 0.